The third-order valence-corrected chi connectivity index (χ3v) is 5.05. The van der Waals surface area contributed by atoms with E-state index in [0.717, 1.165) is 23.4 Å². The molecule has 4 heteroatoms. The minimum Gasteiger partial charge on any atom is -0.496 e. The van der Waals surface area contributed by atoms with Gasteiger partial charge in [-0.1, -0.05) is 66.2 Å². The number of para-hydroxylation sites is 2. The molecule has 29 heavy (non-hydrogen) atoms. The molecule has 4 nitrogen and oxygen atoms in total. The molecule has 0 spiro atoms. The van der Waals surface area contributed by atoms with E-state index >= 15 is 0 Å². The summed E-state index contributed by atoms with van der Waals surface area (Å²) in [6.07, 6.45) is 4.06. The van der Waals surface area contributed by atoms with Gasteiger partial charge in [-0.15, -0.1) is 0 Å². The molecule has 1 N–H and O–H groups in total. The van der Waals surface area contributed by atoms with E-state index in [4.69, 9.17) is 4.74 Å². The van der Waals surface area contributed by atoms with Crippen LogP contribution in [0, 0.1) is 6.92 Å². The Morgan fingerprint density at radius 1 is 0.966 bits per heavy atom. The van der Waals surface area contributed by atoms with Crippen molar-refractivity contribution in [3.05, 3.63) is 101 Å². The topological polar surface area (TPSA) is 38.5 Å². The molecule has 0 saturated carbocycles. The van der Waals surface area contributed by atoms with Crippen molar-refractivity contribution in [1.29, 1.82) is 0 Å². The summed E-state index contributed by atoms with van der Waals surface area (Å²) in [7, 11) is 1.69. The van der Waals surface area contributed by atoms with Gasteiger partial charge in [0.1, 0.15) is 5.75 Å². The molecular weight excluding hydrogens is 358 g/mol. The Labute approximate surface area is 171 Å². The molecule has 0 aliphatic heterocycles. The zero-order chi connectivity index (χ0) is 20.1. The molecule has 146 valence electrons. The summed E-state index contributed by atoms with van der Waals surface area (Å²) in [4.78, 5) is 0. The number of hydrogen-bond donors (Lipinski definition) is 1. The molecule has 0 bridgehead atoms. The van der Waals surface area contributed by atoms with Gasteiger partial charge in [0.25, 0.3) is 0 Å². The first-order valence-electron chi connectivity index (χ1n) is 9.76. The summed E-state index contributed by atoms with van der Waals surface area (Å²) in [5.74, 6) is 0.866. The summed E-state index contributed by atoms with van der Waals surface area (Å²) < 4.78 is 7.67. The second-order valence-corrected chi connectivity index (χ2v) is 7.12. The molecule has 0 radical (unpaired) electrons. The van der Waals surface area contributed by atoms with Gasteiger partial charge >= 0.3 is 0 Å². The second-order valence-electron chi connectivity index (χ2n) is 7.12. The van der Waals surface area contributed by atoms with Crippen LogP contribution in [0.3, 0.4) is 0 Å². The summed E-state index contributed by atoms with van der Waals surface area (Å²) >= 11 is 0. The molecule has 0 saturated heterocycles. The fourth-order valence-electron chi connectivity index (χ4n) is 3.49. The molecular formula is C25H25N3O. The number of hydrogen-bond acceptors (Lipinski definition) is 3. The number of rotatable bonds is 7. The molecule has 1 heterocycles. The van der Waals surface area contributed by atoms with Gasteiger partial charge in [-0.25, -0.2) is 0 Å². The predicted molar refractivity (Wildman–Crippen MR) is 120 cm³/mol. The van der Waals surface area contributed by atoms with E-state index in [-0.39, 0.29) is 0 Å². The van der Waals surface area contributed by atoms with E-state index in [1.165, 1.54) is 22.0 Å². The van der Waals surface area contributed by atoms with Crippen LogP contribution >= 0.6 is 0 Å². The average molecular weight is 383 g/mol. The van der Waals surface area contributed by atoms with Crippen LogP contribution in [0.5, 0.6) is 5.75 Å². The molecule has 0 amide bonds. The van der Waals surface area contributed by atoms with Crippen LogP contribution in [-0.4, -0.2) is 17.9 Å². The predicted octanol–water partition coefficient (Wildman–Crippen LogP) is 5.13. The van der Waals surface area contributed by atoms with Crippen molar-refractivity contribution in [2.45, 2.75) is 20.0 Å². The van der Waals surface area contributed by atoms with E-state index in [0.29, 0.717) is 6.54 Å². The highest BCUT2D eigenvalue weighted by molar-refractivity contribution is 5.99. The van der Waals surface area contributed by atoms with Crippen molar-refractivity contribution in [3.63, 3.8) is 0 Å². The maximum atomic E-state index is 5.39. The Kier molecular flexibility index (Phi) is 5.61. The first-order valence-corrected chi connectivity index (χ1v) is 9.76. The molecule has 0 aliphatic carbocycles. The van der Waals surface area contributed by atoms with Crippen LogP contribution in [0.4, 0.5) is 0 Å². The van der Waals surface area contributed by atoms with E-state index in [2.05, 4.69) is 76.7 Å². The quantitative estimate of drug-likeness (QED) is 0.355. The largest absolute Gasteiger partial charge is 0.496 e. The monoisotopic (exact) mass is 383 g/mol. The number of fused-ring (bicyclic) bond motifs is 1. The van der Waals surface area contributed by atoms with Crippen molar-refractivity contribution >= 4 is 17.1 Å². The summed E-state index contributed by atoms with van der Waals surface area (Å²) in [5.41, 5.74) is 9.08. The van der Waals surface area contributed by atoms with Gasteiger partial charge in [0, 0.05) is 34.8 Å². The lowest BCUT2D eigenvalue weighted by molar-refractivity contribution is 0.408. The van der Waals surface area contributed by atoms with E-state index in [1.54, 1.807) is 7.11 Å². The van der Waals surface area contributed by atoms with Crippen molar-refractivity contribution in [2.75, 3.05) is 7.11 Å². The molecule has 0 atom stereocenters. The number of hydrazone groups is 1. The Morgan fingerprint density at radius 3 is 2.55 bits per heavy atom. The molecule has 0 aliphatic rings. The first kappa shape index (κ1) is 18.8. The van der Waals surface area contributed by atoms with Crippen molar-refractivity contribution < 1.29 is 4.74 Å². The van der Waals surface area contributed by atoms with Crippen LogP contribution in [-0.2, 0) is 13.1 Å². The lowest BCUT2D eigenvalue weighted by Crippen LogP contribution is -2.06. The van der Waals surface area contributed by atoms with Crippen molar-refractivity contribution in [2.24, 2.45) is 5.10 Å². The zero-order valence-electron chi connectivity index (χ0n) is 16.8. The fraction of sp³-hybridized carbons (Fsp3) is 0.160. The van der Waals surface area contributed by atoms with E-state index in [1.807, 2.05) is 30.5 Å². The highest BCUT2D eigenvalue weighted by Gasteiger charge is 2.07. The minimum atomic E-state index is 0.614. The number of nitrogens with zero attached hydrogens (tertiary/aromatic N) is 2. The van der Waals surface area contributed by atoms with E-state index < -0.39 is 0 Å². The number of ether oxygens (including phenoxy) is 1. The van der Waals surface area contributed by atoms with Gasteiger partial charge in [-0.05, 0) is 24.6 Å². The van der Waals surface area contributed by atoms with Gasteiger partial charge in [-0.3, -0.25) is 0 Å². The van der Waals surface area contributed by atoms with Crippen LogP contribution in [0.2, 0.25) is 0 Å². The summed E-state index contributed by atoms with van der Waals surface area (Å²) in [6.45, 7) is 3.56. The Bertz CT molecular complexity index is 1130. The van der Waals surface area contributed by atoms with Gasteiger partial charge in [-0.2, -0.15) is 5.10 Å². The van der Waals surface area contributed by atoms with Gasteiger partial charge in [0.2, 0.25) is 0 Å². The molecule has 1 aromatic heterocycles. The Hall–Kier alpha value is -3.53. The van der Waals surface area contributed by atoms with Crippen LogP contribution in [0.1, 0.15) is 22.3 Å². The summed E-state index contributed by atoms with van der Waals surface area (Å²) in [5, 5.41) is 5.65. The molecule has 3 aromatic carbocycles. The number of aryl methyl sites for hydroxylation is 1. The molecule has 4 aromatic rings. The normalized spacial score (nSPS) is 11.2. The maximum absolute atomic E-state index is 5.39. The van der Waals surface area contributed by atoms with E-state index in [9.17, 15) is 0 Å². The fourth-order valence-corrected chi connectivity index (χ4v) is 3.49. The Balaban J connectivity index is 1.53. The minimum absolute atomic E-state index is 0.614. The highest BCUT2D eigenvalue weighted by atomic mass is 16.5. The van der Waals surface area contributed by atoms with Crippen LogP contribution in [0.25, 0.3) is 10.9 Å². The third kappa shape index (κ3) is 4.32. The number of benzene rings is 3. The number of aromatic nitrogens is 1. The van der Waals surface area contributed by atoms with Crippen molar-refractivity contribution in [3.8, 4) is 5.75 Å². The first-order chi connectivity index (χ1) is 14.2. The summed E-state index contributed by atoms with van der Waals surface area (Å²) in [6, 6.07) is 25.1. The Morgan fingerprint density at radius 2 is 1.72 bits per heavy atom. The van der Waals surface area contributed by atoms with Crippen molar-refractivity contribution in [1.82, 2.24) is 9.99 Å². The van der Waals surface area contributed by atoms with Gasteiger partial charge in [0.15, 0.2) is 0 Å². The standard InChI is InChI=1S/C25H25N3O/c1-19-11-13-20(14-12-19)17-28-18-22(23-8-4-5-9-24(23)28)16-27-26-15-21-7-3-6-10-25(21)29-2/h3-14,16,18,26H,15,17H2,1-2H3/b27-16+. The van der Waals surface area contributed by atoms with Crippen LogP contribution < -0.4 is 10.2 Å². The lowest BCUT2D eigenvalue weighted by atomic mass is 10.1. The second kappa shape index (κ2) is 8.65. The van der Waals surface area contributed by atoms with Gasteiger partial charge < -0.3 is 14.7 Å². The smallest absolute Gasteiger partial charge is 0.123 e. The molecule has 4 rings (SSSR count). The SMILES string of the molecule is COc1ccccc1CN/N=C/c1cn(Cc2ccc(C)cc2)c2ccccc12. The lowest BCUT2D eigenvalue weighted by Gasteiger charge is -2.07. The highest BCUT2D eigenvalue weighted by Crippen LogP contribution is 2.21. The number of nitrogens with one attached hydrogen (secondary N) is 1. The zero-order valence-corrected chi connectivity index (χ0v) is 16.8. The van der Waals surface area contributed by atoms with Crippen LogP contribution in [0.15, 0.2) is 84.1 Å². The molecule has 0 unspecified atom stereocenters. The van der Waals surface area contributed by atoms with Gasteiger partial charge in [0.05, 0.1) is 19.9 Å². The number of methoxy groups -OCH3 is 1. The molecule has 0 fully saturated rings. The maximum Gasteiger partial charge on any atom is 0.123 e. The average Bonchev–Trinajstić information content (AvgIpc) is 3.10. The third-order valence-electron chi connectivity index (χ3n) is 5.05.